The van der Waals surface area contributed by atoms with Gasteiger partial charge in [0, 0.05) is 31.9 Å². The van der Waals surface area contributed by atoms with Crippen LogP contribution in [0.1, 0.15) is 24.2 Å². The lowest BCUT2D eigenvalue weighted by atomic mass is 10.1. The molecule has 0 saturated heterocycles. The first-order valence-electron chi connectivity index (χ1n) is 9.59. The largest absolute Gasteiger partial charge is 0.443 e. The van der Waals surface area contributed by atoms with E-state index in [0.29, 0.717) is 17.7 Å². The van der Waals surface area contributed by atoms with E-state index in [1.807, 2.05) is 37.2 Å². The van der Waals surface area contributed by atoms with Crippen molar-refractivity contribution in [1.29, 1.82) is 5.26 Å². The van der Waals surface area contributed by atoms with Gasteiger partial charge in [-0.05, 0) is 30.7 Å². The summed E-state index contributed by atoms with van der Waals surface area (Å²) in [5.41, 5.74) is 1.68. The van der Waals surface area contributed by atoms with E-state index in [0.717, 1.165) is 5.69 Å². The topological polar surface area (TPSA) is 112 Å². The van der Waals surface area contributed by atoms with Crippen LogP contribution in [0, 0.1) is 11.3 Å². The number of esters is 1. The van der Waals surface area contributed by atoms with Gasteiger partial charge in [0.15, 0.2) is 0 Å². The Kier molecular flexibility index (Phi) is 8.34. The Bertz CT molecular complexity index is 992. The van der Waals surface area contributed by atoms with Crippen LogP contribution in [0.3, 0.4) is 0 Å². The molecule has 0 heterocycles. The lowest BCUT2D eigenvalue weighted by molar-refractivity contribution is -0.152. The molecule has 160 valence electrons. The van der Waals surface area contributed by atoms with Crippen LogP contribution in [0.25, 0.3) is 6.08 Å². The van der Waals surface area contributed by atoms with Crippen molar-refractivity contribution in [3.8, 4) is 6.07 Å². The molecule has 8 nitrogen and oxygen atoms in total. The number of benzene rings is 2. The van der Waals surface area contributed by atoms with Gasteiger partial charge in [0.2, 0.25) is 6.10 Å². The van der Waals surface area contributed by atoms with Crippen LogP contribution >= 0.6 is 0 Å². The summed E-state index contributed by atoms with van der Waals surface area (Å²) in [6.45, 7) is 2.02. The minimum absolute atomic E-state index is 0.274. The molecule has 0 spiro atoms. The van der Waals surface area contributed by atoms with Crippen LogP contribution in [-0.2, 0) is 14.3 Å². The zero-order chi connectivity index (χ0) is 22.8. The van der Waals surface area contributed by atoms with Crippen molar-refractivity contribution >= 4 is 29.7 Å². The Morgan fingerprint density at radius 3 is 2.29 bits per heavy atom. The highest BCUT2D eigenvalue weighted by Crippen LogP contribution is 2.21. The highest BCUT2D eigenvalue weighted by Gasteiger charge is 2.27. The van der Waals surface area contributed by atoms with E-state index >= 15 is 0 Å². The van der Waals surface area contributed by atoms with Gasteiger partial charge in [-0.15, -0.1) is 0 Å². The minimum Gasteiger partial charge on any atom is -0.443 e. The van der Waals surface area contributed by atoms with Gasteiger partial charge in [0.05, 0.1) is 0 Å². The van der Waals surface area contributed by atoms with Gasteiger partial charge in [-0.25, -0.2) is 9.59 Å². The van der Waals surface area contributed by atoms with Gasteiger partial charge >= 0.3 is 12.0 Å². The summed E-state index contributed by atoms with van der Waals surface area (Å²) in [4.78, 5) is 38.9. The average molecular weight is 420 g/mol. The molecule has 31 heavy (non-hydrogen) atoms. The molecule has 0 saturated carbocycles. The molecule has 0 aromatic heterocycles. The summed E-state index contributed by atoms with van der Waals surface area (Å²) >= 11 is 0. The maximum atomic E-state index is 12.7. The third-order valence-electron chi connectivity index (χ3n) is 4.20. The zero-order valence-electron chi connectivity index (χ0n) is 17.6. The van der Waals surface area contributed by atoms with E-state index < -0.39 is 24.0 Å². The predicted molar refractivity (Wildman–Crippen MR) is 117 cm³/mol. The molecule has 0 bridgehead atoms. The molecule has 0 aliphatic heterocycles. The van der Waals surface area contributed by atoms with Crippen LogP contribution in [0.15, 0.2) is 60.2 Å². The molecule has 1 atom stereocenters. The average Bonchev–Trinajstić information content (AvgIpc) is 2.76. The third-order valence-corrected chi connectivity index (χ3v) is 4.20. The van der Waals surface area contributed by atoms with E-state index in [2.05, 4.69) is 10.6 Å². The molecule has 0 fully saturated rings. The lowest BCUT2D eigenvalue weighted by Gasteiger charge is -2.17. The highest BCUT2D eigenvalue weighted by atomic mass is 16.5. The second-order valence-electron chi connectivity index (χ2n) is 6.70. The van der Waals surface area contributed by atoms with E-state index in [1.165, 1.54) is 6.08 Å². The fraction of sp³-hybridized carbons (Fsp3) is 0.217. The predicted octanol–water partition coefficient (Wildman–Crippen LogP) is 2.79. The van der Waals surface area contributed by atoms with E-state index in [1.54, 1.807) is 49.4 Å². The fourth-order valence-corrected chi connectivity index (χ4v) is 2.63. The Balaban J connectivity index is 2.25. The number of anilines is 1. The Hall–Kier alpha value is -4.12. The molecule has 3 amide bonds. The zero-order valence-corrected chi connectivity index (χ0v) is 17.6. The van der Waals surface area contributed by atoms with E-state index in [-0.39, 0.29) is 5.57 Å². The number of urea groups is 1. The second kappa shape index (κ2) is 11.2. The molecular formula is C23H24N4O4. The molecule has 2 rings (SSSR count). The monoisotopic (exact) mass is 420 g/mol. The Morgan fingerprint density at radius 2 is 1.74 bits per heavy atom. The van der Waals surface area contributed by atoms with Crippen LogP contribution in [0.5, 0.6) is 0 Å². The Morgan fingerprint density at radius 1 is 1.10 bits per heavy atom. The van der Waals surface area contributed by atoms with Crippen LogP contribution in [0.4, 0.5) is 10.5 Å². The molecule has 2 aromatic rings. The van der Waals surface area contributed by atoms with Crippen molar-refractivity contribution < 1.29 is 19.1 Å². The quantitative estimate of drug-likeness (QED) is 0.405. The van der Waals surface area contributed by atoms with Gasteiger partial charge in [-0.3, -0.25) is 10.1 Å². The summed E-state index contributed by atoms with van der Waals surface area (Å²) in [6.07, 6.45) is -0.0184. The van der Waals surface area contributed by atoms with Crippen molar-refractivity contribution in [1.82, 2.24) is 10.6 Å². The molecule has 0 radical (unpaired) electrons. The number of nitrogens with one attached hydrogen (secondary N) is 2. The standard InChI is InChI=1S/C23H24N4O4/c1-4-25-23(30)26-21(28)20(17-8-6-5-7-9-17)31-22(29)18(15-24)14-16-10-12-19(13-11-16)27(2)3/h5-14,20H,4H2,1-3H3,(H2,25,26,28,30)/b18-14+/t20-/m0/s1. The summed E-state index contributed by atoms with van der Waals surface area (Å²) < 4.78 is 5.33. The van der Waals surface area contributed by atoms with Gasteiger partial charge < -0.3 is 15.0 Å². The number of hydrogen-bond donors (Lipinski definition) is 2. The number of carbonyl (C=O) groups excluding carboxylic acids is 3. The molecule has 8 heteroatoms. The van der Waals surface area contributed by atoms with Gasteiger partial charge in [-0.2, -0.15) is 5.26 Å². The van der Waals surface area contributed by atoms with Gasteiger partial charge in [0.1, 0.15) is 11.6 Å². The second-order valence-corrected chi connectivity index (χ2v) is 6.70. The van der Waals surface area contributed by atoms with Crippen molar-refractivity contribution in [2.75, 3.05) is 25.5 Å². The summed E-state index contributed by atoms with van der Waals surface area (Å²) in [6, 6.07) is 16.6. The summed E-state index contributed by atoms with van der Waals surface area (Å²) in [5.74, 6) is -1.79. The Labute approximate surface area is 181 Å². The summed E-state index contributed by atoms with van der Waals surface area (Å²) in [5, 5.41) is 14.0. The van der Waals surface area contributed by atoms with Crippen LogP contribution < -0.4 is 15.5 Å². The maximum Gasteiger partial charge on any atom is 0.350 e. The highest BCUT2D eigenvalue weighted by molar-refractivity contribution is 6.01. The van der Waals surface area contributed by atoms with E-state index in [4.69, 9.17) is 4.74 Å². The van der Waals surface area contributed by atoms with Crippen LogP contribution in [0.2, 0.25) is 0 Å². The van der Waals surface area contributed by atoms with Gasteiger partial charge in [-0.1, -0.05) is 42.5 Å². The molecule has 0 aliphatic rings. The smallest absolute Gasteiger partial charge is 0.350 e. The summed E-state index contributed by atoms with van der Waals surface area (Å²) in [7, 11) is 3.80. The van der Waals surface area contributed by atoms with Crippen molar-refractivity contribution in [3.05, 3.63) is 71.3 Å². The maximum absolute atomic E-state index is 12.7. The number of hydrogen-bond acceptors (Lipinski definition) is 6. The lowest BCUT2D eigenvalue weighted by Crippen LogP contribution is -2.42. The fourth-order valence-electron chi connectivity index (χ4n) is 2.63. The number of ether oxygens (including phenoxy) is 1. The number of nitriles is 1. The first kappa shape index (κ1) is 23.2. The molecule has 0 unspecified atom stereocenters. The molecule has 2 N–H and O–H groups in total. The normalized spacial score (nSPS) is 11.6. The van der Waals surface area contributed by atoms with Gasteiger partial charge in [0.25, 0.3) is 5.91 Å². The number of imide groups is 1. The number of nitrogens with zero attached hydrogens (tertiary/aromatic N) is 2. The van der Waals surface area contributed by atoms with E-state index in [9.17, 15) is 19.6 Å². The van der Waals surface area contributed by atoms with Crippen molar-refractivity contribution in [2.24, 2.45) is 0 Å². The van der Waals surface area contributed by atoms with Crippen LogP contribution in [-0.4, -0.2) is 38.5 Å². The minimum atomic E-state index is -1.40. The first-order chi connectivity index (χ1) is 14.8. The molecule has 0 aliphatic carbocycles. The number of carbonyl (C=O) groups is 3. The number of amides is 3. The SMILES string of the molecule is CCNC(=O)NC(=O)[C@@H](OC(=O)/C(C#N)=C/c1ccc(N(C)C)cc1)c1ccccc1. The third kappa shape index (κ3) is 6.72. The molecular weight excluding hydrogens is 396 g/mol. The molecule has 2 aromatic carbocycles. The first-order valence-corrected chi connectivity index (χ1v) is 9.59. The van der Waals surface area contributed by atoms with Crippen molar-refractivity contribution in [3.63, 3.8) is 0 Å². The van der Waals surface area contributed by atoms with Crippen molar-refractivity contribution in [2.45, 2.75) is 13.0 Å². The number of rotatable bonds is 7.